The van der Waals surface area contributed by atoms with Gasteiger partial charge in [-0.15, -0.1) is 24.0 Å². The average Bonchev–Trinajstić information content (AvgIpc) is 3.11. The van der Waals surface area contributed by atoms with Crippen LogP contribution in [0.2, 0.25) is 0 Å². The predicted octanol–water partition coefficient (Wildman–Crippen LogP) is 3.38. The van der Waals surface area contributed by atoms with Crippen LogP contribution in [0.25, 0.3) is 0 Å². The van der Waals surface area contributed by atoms with Crippen LogP contribution in [0.4, 0.5) is 0 Å². The maximum absolute atomic E-state index is 11.4. The highest BCUT2D eigenvalue weighted by Crippen LogP contribution is 2.23. The van der Waals surface area contributed by atoms with Crippen LogP contribution in [0.15, 0.2) is 27.8 Å². The second-order valence-corrected chi connectivity index (χ2v) is 9.67. The number of hydrogen-bond acceptors (Lipinski definition) is 4. The summed E-state index contributed by atoms with van der Waals surface area (Å²) in [6.07, 6.45) is 10.8. The molecule has 1 aliphatic carbocycles. The van der Waals surface area contributed by atoms with Gasteiger partial charge in [-0.3, -0.25) is 4.99 Å². The molecule has 1 unspecified atom stereocenters. The highest BCUT2D eigenvalue weighted by molar-refractivity contribution is 14.0. The molecule has 0 saturated heterocycles. The molecule has 1 saturated carbocycles. The second-order valence-electron chi connectivity index (χ2n) is 7.41. The number of nitrogens with one attached hydrogen (secondary N) is 2. The van der Waals surface area contributed by atoms with E-state index < -0.39 is 9.84 Å². The predicted molar refractivity (Wildman–Crippen MR) is 122 cm³/mol. The molecule has 1 atom stereocenters. The Morgan fingerprint density at radius 3 is 2.70 bits per heavy atom. The third-order valence-electron chi connectivity index (χ3n) is 4.78. The van der Waals surface area contributed by atoms with Crippen molar-refractivity contribution in [3.63, 3.8) is 0 Å². The van der Waals surface area contributed by atoms with Gasteiger partial charge in [-0.1, -0.05) is 19.3 Å². The summed E-state index contributed by atoms with van der Waals surface area (Å²) in [6, 6.07) is 3.90. The molecule has 0 spiro atoms. The van der Waals surface area contributed by atoms with Gasteiger partial charge in [0.15, 0.2) is 5.96 Å². The first-order chi connectivity index (χ1) is 12.4. The SMILES string of the molecule is CC(CCS(C)(=O)=O)NC(=NCC1CCCCC1)NCCc1ccco1.I. The fourth-order valence-corrected chi connectivity index (χ4v) is 3.98. The van der Waals surface area contributed by atoms with Crippen LogP contribution in [0, 0.1) is 5.92 Å². The van der Waals surface area contributed by atoms with Gasteiger partial charge in [0.1, 0.15) is 15.6 Å². The molecule has 156 valence electrons. The van der Waals surface area contributed by atoms with E-state index in [4.69, 9.17) is 9.41 Å². The lowest BCUT2D eigenvalue weighted by molar-refractivity contribution is 0.366. The summed E-state index contributed by atoms with van der Waals surface area (Å²) in [5, 5.41) is 6.71. The van der Waals surface area contributed by atoms with Crippen LogP contribution in [0.1, 0.15) is 51.2 Å². The monoisotopic (exact) mass is 511 g/mol. The number of nitrogens with zero attached hydrogens (tertiary/aromatic N) is 1. The molecule has 0 aliphatic heterocycles. The summed E-state index contributed by atoms with van der Waals surface area (Å²) in [4.78, 5) is 4.77. The first-order valence-corrected chi connectivity index (χ1v) is 11.7. The number of halogens is 1. The summed E-state index contributed by atoms with van der Waals surface area (Å²) >= 11 is 0. The van der Waals surface area contributed by atoms with Crippen LogP contribution in [-0.4, -0.2) is 45.5 Å². The van der Waals surface area contributed by atoms with Gasteiger partial charge in [0.2, 0.25) is 0 Å². The van der Waals surface area contributed by atoms with E-state index in [-0.39, 0.29) is 35.8 Å². The molecule has 1 heterocycles. The van der Waals surface area contributed by atoms with Gasteiger partial charge in [-0.25, -0.2) is 8.42 Å². The Balaban J connectivity index is 0.00000364. The van der Waals surface area contributed by atoms with Gasteiger partial charge < -0.3 is 15.1 Å². The fourth-order valence-electron chi connectivity index (χ4n) is 3.20. The molecule has 2 N–H and O–H groups in total. The van der Waals surface area contributed by atoms with Crippen molar-refractivity contribution in [2.75, 3.05) is 25.1 Å². The van der Waals surface area contributed by atoms with Crippen molar-refractivity contribution >= 4 is 39.8 Å². The normalized spacial score (nSPS) is 17.2. The van der Waals surface area contributed by atoms with E-state index >= 15 is 0 Å². The third kappa shape index (κ3) is 11.0. The molecule has 6 nitrogen and oxygen atoms in total. The van der Waals surface area contributed by atoms with Crippen molar-refractivity contribution in [1.29, 1.82) is 0 Å². The Morgan fingerprint density at radius 1 is 1.33 bits per heavy atom. The molecule has 2 rings (SSSR count). The highest BCUT2D eigenvalue weighted by Gasteiger charge is 2.14. The van der Waals surface area contributed by atoms with E-state index in [0.29, 0.717) is 12.3 Å². The largest absolute Gasteiger partial charge is 0.469 e. The second kappa shape index (κ2) is 12.6. The molecule has 0 bridgehead atoms. The highest BCUT2D eigenvalue weighted by atomic mass is 127. The number of rotatable bonds is 9. The summed E-state index contributed by atoms with van der Waals surface area (Å²) in [6.45, 7) is 3.55. The topological polar surface area (TPSA) is 83.7 Å². The Kier molecular flexibility index (Phi) is 11.4. The van der Waals surface area contributed by atoms with Gasteiger partial charge in [0.05, 0.1) is 12.0 Å². The molecular weight excluding hydrogens is 477 g/mol. The molecule has 0 aromatic carbocycles. The van der Waals surface area contributed by atoms with Crippen molar-refractivity contribution in [2.45, 2.75) is 57.9 Å². The number of hydrogen-bond donors (Lipinski definition) is 2. The molecule has 1 fully saturated rings. The van der Waals surface area contributed by atoms with Crippen LogP contribution >= 0.6 is 24.0 Å². The van der Waals surface area contributed by atoms with Gasteiger partial charge in [-0.2, -0.15) is 0 Å². The average molecular weight is 511 g/mol. The Morgan fingerprint density at radius 2 is 2.07 bits per heavy atom. The Hall–Kier alpha value is -0.770. The van der Waals surface area contributed by atoms with E-state index in [0.717, 1.165) is 31.2 Å². The smallest absolute Gasteiger partial charge is 0.191 e. The van der Waals surface area contributed by atoms with Crippen molar-refractivity contribution in [3.05, 3.63) is 24.2 Å². The Labute approximate surface area is 180 Å². The van der Waals surface area contributed by atoms with Gasteiger partial charge in [0.25, 0.3) is 0 Å². The molecule has 0 radical (unpaired) electrons. The molecular formula is C19H34IN3O3S. The van der Waals surface area contributed by atoms with Crippen LogP contribution in [0.3, 0.4) is 0 Å². The molecule has 27 heavy (non-hydrogen) atoms. The van der Waals surface area contributed by atoms with Gasteiger partial charge >= 0.3 is 0 Å². The minimum Gasteiger partial charge on any atom is -0.469 e. The van der Waals surface area contributed by atoms with Crippen molar-refractivity contribution in [2.24, 2.45) is 10.9 Å². The fraction of sp³-hybridized carbons (Fsp3) is 0.737. The van der Waals surface area contributed by atoms with Crippen LogP contribution in [0.5, 0.6) is 0 Å². The standard InChI is InChI=1S/C19H33N3O3S.HI/c1-16(11-14-26(2,23)24)22-19(20-12-10-18-9-6-13-25-18)21-15-17-7-4-3-5-8-17;/h6,9,13,16-17H,3-5,7-8,10-12,14-15H2,1-2H3,(H2,20,21,22);1H. The summed E-state index contributed by atoms with van der Waals surface area (Å²) < 4.78 is 28.1. The summed E-state index contributed by atoms with van der Waals surface area (Å²) in [5.74, 6) is 2.56. The van der Waals surface area contributed by atoms with E-state index in [1.165, 1.54) is 38.4 Å². The number of furan rings is 1. The third-order valence-corrected chi connectivity index (χ3v) is 5.76. The molecule has 8 heteroatoms. The lowest BCUT2D eigenvalue weighted by Gasteiger charge is -2.22. The van der Waals surface area contributed by atoms with Crippen molar-refractivity contribution < 1.29 is 12.8 Å². The summed E-state index contributed by atoms with van der Waals surface area (Å²) in [7, 11) is -2.94. The first-order valence-electron chi connectivity index (χ1n) is 9.67. The van der Waals surface area contributed by atoms with E-state index in [1.807, 2.05) is 19.1 Å². The van der Waals surface area contributed by atoms with Crippen molar-refractivity contribution in [1.82, 2.24) is 10.6 Å². The minimum absolute atomic E-state index is 0. The van der Waals surface area contributed by atoms with E-state index in [1.54, 1.807) is 6.26 Å². The molecule has 0 amide bonds. The zero-order valence-corrected chi connectivity index (χ0v) is 19.6. The van der Waals surface area contributed by atoms with Crippen LogP contribution in [-0.2, 0) is 16.3 Å². The van der Waals surface area contributed by atoms with Crippen molar-refractivity contribution in [3.8, 4) is 0 Å². The lowest BCUT2D eigenvalue weighted by Crippen LogP contribution is -2.44. The van der Waals surface area contributed by atoms with Gasteiger partial charge in [-0.05, 0) is 44.2 Å². The zero-order valence-electron chi connectivity index (χ0n) is 16.4. The number of guanidine groups is 1. The molecule has 1 aromatic rings. The van der Waals surface area contributed by atoms with Crippen LogP contribution < -0.4 is 10.6 Å². The van der Waals surface area contributed by atoms with E-state index in [9.17, 15) is 8.42 Å². The quantitative estimate of drug-likeness (QED) is 0.302. The Bertz CT molecular complexity index is 641. The molecule has 1 aliphatic rings. The number of aliphatic imine (C=N–C) groups is 1. The van der Waals surface area contributed by atoms with E-state index in [2.05, 4.69) is 10.6 Å². The summed E-state index contributed by atoms with van der Waals surface area (Å²) in [5.41, 5.74) is 0. The lowest BCUT2D eigenvalue weighted by atomic mass is 9.89. The maximum Gasteiger partial charge on any atom is 0.191 e. The van der Waals surface area contributed by atoms with Gasteiger partial charge in [0, 0.05) is 31.8 Å². The zero-order chi connectivity index (χ0) is 18.8. The maximum atomic E-state index is 11.4. The first kappa shape index (κ1) is 24.3. The minimum atomic E-state index is -2.94. The molecule has 1 aromatic heterocycles. The number of sulfone groups is 1.